The molecule has 2 fully saturated rings. The van der Waals surface area contributed by atoms with Crippen LogP contribution < -0.4 is 0 Å². The Balaban J connectivity index is 1.90. The first-order chi connectivity index (χ1) is 12.5. The van der Waals surface area contributed by atoms with Crippen LogP contribution in [0.25, 0.3) is 0 Å². The van der Waals surface area contributed by atoms with E-state index in [9.17, 15) is 24.9 Å². The van der Waals surface area contributed by atoms with Crippen LogP contribution in [0.1, 0.15) is 40.0 Å². The molecular formula is C21H28O6. The fraction of sp³-hybridized carbons (Fsp3) is 0.714. The Morgan fingerprint density at radius 2 is 1.96 bits per heavy atom. The molecule has 0 radical (unpaired) electrons. The number of carbonyl (C=O) groups is 2. The van der Waals surface area contributed by atoms with E-state index in [0.717, 1.165) is 6.42 Å². The van der Waals surface area contributed by atoms with Gasteiger partial charge in [0.05, 0.1) is 18.9 Å². The third kappa shape index (κ3) is 2.12. The van der Waals surface area contributed by atoms with Crippen LogP contribution in [0, 0.1) is 28.6 Å². The number of hydrogen-bond donors (Lipinski definition) is 3. The van der Waals surface area contributed by atoms with Crippen molar-refractivity contribution < 1.29 is 29.6 Å². The summed E-state index contributed by atoms with van der Waals surface area (Å²) >= 11 is 0. The second-order valence-electron chi connectivity index (χ2n) is 9.37. The summed E-state index contributed by atoms with van der Waals surface area (Å²) in [6, 6.07) is 0. The molecule has 1 unspecified atom stereocenters. The lowest BCUT2D eigenvalue weighted by Gasteiger charge is -2.45. The molecule has 0 aromatic heterocycles. The highest BCUT2D eigenvalue weighted by Crippen LogP contribution is 2.70. The molecule has 4 aliphatic carbocycles. The Kier molecular flexibility index (Phi) is 3.85. The Morgan fingerprint density at radius 3 is 2.59 bits per heavy atom. The van der Waals surface area contributed by atoms with Crippen LogP contribution in [0.5, 0.6) is 0 Å². The first kappa shape index (κ1) is 18.8. The second-order valence-corrected chi connectivity index (χ2v) is 9.37. The van der Waals surface area contributed by atoms with E-state index >= 15 is 0 Å². The second kappa shape index (κ2) is 5.52. The van der Waals surface area contributed by atoms with Crippen molar-refractivity contribution >= 4 is 11.8 Å². The van der Waals surface area contributed by atoms with Gasteiger partial charge in [-0.2, -0.15) is 0 Å². The first-order valence-corrected chi connectivity index (χ1v) is 9.62. The van der Waals surface area contributed by atoms with Crippen LogP contribution in [0.15, 0.2) is 23.3 Å². The van der Waals surface area contributed by atoms with Gasteiger partial charge in [0.2, 0.25) is 0 Å². The van der Waals surface area contributed by atoms with E-state index in [4.69, 9.17) is 4.74 Å². The van der Waals surface area contributed by atoms with E-state index in [0.29, 0.717) is 17.9 Å². The number of Topliss-reactive ketones (excluding diaryl/α,β-unsaturated/α-hetero) is 1. The largest absolute Gasteiger partial charge is 0.469 e. The number of aliphatic hydroxyl groups excluding tert-OH is 2. The molecule has 2 saturated carbocycles. The standard InChI is InChI=1S/C21H28O6/c1-10-9-20-6-5-13-15(19(13,2)3)12(18(20)25)7-11(8-14(22)27-4)17(24)21(20,26)16(10)23/h7,9,12-13,15-17,23-24,26H,5-6,8H2,1-4H3/t12?,13-,15+,16+,17-,20-,21-/m1/s1. The molecule has 6 nitrogen and oxygen atoms in total. The zero-order valence-corrected chi connectivity index (χ0v) is 16.2. The summed E-state index contributed by atoms with van der Waals surface area (Å²) in [7, 11) is 1.26. The smallest absolute Gasteiger partial charge is 0.309 e. The van der Waals surface area contributed by atoms with E-state index in [-0.39, 0.29) is 29.1 Å². The van der Waals surface area contributed by atoms with Crippen molar-refractivity contribution in [2.75, 3.05) is 7.11 Å². The quantitative estimate of drug-likeness (QED) is 0.493. The first-order valence-electron chi connectivity index (χ1n) is 9.62. The van der Waals surface area contributed by atoms with Crippen molar-refractivity contribution in [3.8, 4) is 0 Å². The number of ketones is 1. The molecule has 27 heavy (non-hydrogen) atoms. The van der Waals surface area contributed by atoms with Crippen LogP contribution in [-0.2, 0) is 14.3 Å². The van der Waals surface area contributed by atoms with Crippen molar-refractivity contribution in [1.82, 2.24) is 0 Å². The molecule has 0 aromatic rings. The number of fused-ring (bicyclic) bond motifs is 3. The van der Waals surface area contributed by atoms with Gasteiger partial charge in [0.25, 0.3) is 0 Å². The summed E-state index contributed by atoms with van der Waals surface area (Å²) in [5.74, 6) is -0.753. The number of rotatable bonds is 2. The highest BCUT2D eigenvalue weighted by Gasteiger charge is 2.73. The molecule has 0 aliphatic heterocycles. The fourth-order valence-corrected chi connectivity index (χ4v) is 6.30. The van der Waals surface area contributed by atoms with Gasteiger partial charge in [0.1, 0.15) is 17.8 Å². The van der Waals surface area contributed by atoms with E-state index in [1.165, 1.54) is 7.11 Å². The third-order valence-electron chi connectivity index (χ3n) is 7.89. The average molecular weight is 376 g/mol. The minimum Gasteiger partial charge on any atom is -0.469 e. The molecule has 3 N–H and O–H groups in total. The number of ether oxygens (including phenoxy) is 1. The van der Waals surface area contributed by atoms with Gasteiger partial charge in [-0.05, 0) is 48.2 Å². The molecule has 6 heteroatoms. The normalized spacial score (nSPS) is 47.1. The summed E-state index contributed by atoms with van der Waals surface area (Å²) in [6.45, 7) is 5.94. The maximum atomic E-state index is 13.7. The van der Waals surface area contributed by atoms with Crippen molar-refractivity contribution in [1.29, 1.82) is 0 Å². The van der Waals surface area contributed by atoms with Crippen LogP contribution in [0.3, 0.4) is 0 Å². The van der Waals surface area contributed by atoms with Crippen molar-refractivity contribution in [2.24, 2.45) is 28.6 Å². The van der Waals surface area contributed by atoms with Crippen LogP contribution in [0.4, 0.5) is 0 Å². The molecule has 0 heterocycles. The van der Waals surface area contributed by atoms with Gasteiger partial charge >= 0.3 is 5.97 Å². The highest BCUT2D eigenvalue weighted by atomic mass is 16.5. The fourth-order valence-electron chi connectivity index (χ4n) is 6.30. The van der Waals surface area contributed by atoms with Crippen LogP contribution in [0.2, 0.25) is 0 Å². The van der Waals surface area contributed by atoms with Crippen molar-refractivity contribution in [2.45, 2.75) is 57.8 Å². The predicted octanol–water partition coefficient (Wildman–Crippen LogP) is 1.14. The molecule has 7 atom stereocenters. The van der Waals surface area contributed by atoms with E-state index in [2.05, 4.69) is 13.8 Å². The molecular weight excluding hydrogens is 348 g/mol. The highest BCUT2D eigenvalue weighted by molar-refractivity contribution is 5.95. The zero-order valence-electron chi connectivity index (χ0n) is 16.2. The van der Waals surface area contributed by atoms with E-state index < -0.39 is 35.1 Å². The lowest BCUT2D eigenvalue weighted by Crippen LogP contribution is -2.62. The molecule has 4 rings (SSSR count). The number of allylic oxidation sites excluding steroid dienone is 1. The molecule has 0 amide bonds. The topological polar surface area (TPSA) is 104 Å². The minimum absolute atomic E-state index is 0.00179. The molecule has 0 aromatic carbocycles. The number of methoxy groups -OCH3 is 1. The van der Waals surface area contributed by atoms with Gasteiger partial charge in [-0.1, -0.05) is 26.0 Å². The number of carbonyl (C=O) groups excluding carboxylic acids is 2. The van der Waals surface area contributed by atoms with Gasteiger partial charge in [-0.25, -0.2) is 0 Å². The lowest BCUT2D eigenvalue weighted by atomic mass is 9.63. The Morgan fingerprint density at radius 1 is 1.30 bits per heavy atom. The number of esters is 1. The lowest BCUT2D eigenvalue weighted by molar-refractivity contribution is -0.181. The molecule has 0 saturated heterocycles. The Hall–Kier alpha value is -1.50. The van der Waals surface area contributed by atoms with E-state index in [1.54, 1.807) is 19.1 Å². The van der Waals surface area contributed by atoms with Gasteiger partial charge in [-0.15, -0.1) is 0 Å². The van der Waals surface area contributed by atoms with Crippen LogP contribution >= 0.6 is 0 Å². The Bertz CT molecular complexity index is 780. The molecule has 1 spiro atoms. The third-order valence-corrected chi connectivity index (χ3v) is 7.89. The maximum Gasteiger partial charge on any atom is 0.309 e. The monoisotopic (exact) mass is 376 g/mol. The van der Waals surface area contributed by atoms with Gasteiger partial charge in [0.15, 0.2) is 5.78 Å². The maximum absolute atomic E-state index is 13.7. The summed E-state index contributed by atoms with van der Waals surface area (Å²) in [6.07, 6.45) is 1.38. The van der Waals surface area contributed by atoms with Crippen molar-refractivity contribution in [3.63, 3.8) is 0 Å². The zero-order chi connectivity index (χ0) is 19.9. The number of aliphatic hydroxyl groups is 3. The van der Waals surface area contributed by atoms with Gasteiger partial charge in [0, 0.05) is 5.92 Å². The molecule has 2 bridgehead atoms. The van der Waals surface area contributed by atoms with Crippen LogP contribution in [-0.4, -0.2) is 52.0 Å². The average Bonchev–Trinajstić information content (AvgIpc) is 3.15. The molecule has 148 valence electrons. The van der Waals surface area contributed by atoms with E-state index in [1.807, 2.05) is 0 Å². The summed E-state index contributed by atoms with van der Waals surface area (Å²) in [5, 5.41) is 33.5. The van der Waals surface area contributed by atoms with Gasteiger partial charge in [-0.3, -0.25) is 9.59 Å². The number of hydrogen-bond acceptors (Lipinski definition) is 6. The molecule has 4 aliphatic rings. The van der Waals surface area contributed by atoms with Gasteiger partial charge < -0.3 is 20.1 Å². The summed E-state index contributed by atoms with van der Waals surface area (Å²) < 4.78 is 4.74. The van der Waals surface area contributed by atoms with Crippen molar-refractivity contribution in [3.05, 3.63) is 23.3 Å². The summed E-state index contributed by atoms with van der Waals surface area (Å²) in [5.41, 5.74) is -2.66. The SMILES string of the molecule is COC(=O)CC1=CC2C(=O)[C@]3(C=C(C)[C@H](O)[C@@]3(O)[C@@H]1O)CC[C@@H]1[C@H]2C1(C)C. The predicted molar refractivity (Wildman–Crippen MR) is 96.4 cm³/mol. The summed E-state index contributed by atoms with van der Waals surface area (Å²) in [4.78, 5) is 25.7. The Labute approximate surface area is 158 Å². The minimum atomic E-state index is -2.07.